The molecule has 0 bridgehead atoms. The van der Waals surface area contributed by atoms with Crippen LogP contribution in [-0.2, 0) is 6.42 Å². The molecule has 0 saturated heterocycles. The predicted molar refractivity (Wildman–Crippen MR) is 129 cm³/mol. The number of anilines is 2. The van der Waals surface area contributed by atoms with E-state index in [4.69, 9.17) is 11.6 Å². The number of halogens is 2. The molecule has 0 spiro atoms. The van der Waals surface area contributed by atoms with E-state index in [9.17, 15) is 19.1 Å². The first kappa shape index (κ1) is 21.8. The third-order valence-electron chi connectivity index (χ3n) is 6.01. The molecule has 2 N–H and O–H groups in total. The number of benzene rings is 1. The average Bonchev–Trinajstić information content (AvgIpc) is 3.20. The second-order valence-corrected chi connectivity index (χ2v) is 8.54. The number of pyridine rings is 2. The van der Waals surface area contributed by atoms with Crippen molar-refractivity contribution in [3.8, 4) is 22.3 Å². The normalized spacial score (nSPS) is 11.9. The highest BCUT2D eigenvalue weighted by atomic mass is 35.5. The first-order valence-corrected chi connectivity index (χ1v) is 10.7. The number of carbonyl (C=O) groups is 1. The molecule has 0 unspecified atom stereocenters. The number of rotatable bonds is 4. The van der Waals surface area contributed by atoms with Gasteiger partial charge in [-0.05, 0) is 23.8 Å². The lowest BCUT2D eigenvalue weighted by molar-refractivity contribution is 0.0694. The SMILES string of the molecule is CNc1cc(F)c(Cl)c2c1Cc1ncc(-c3ccc4ncc(C(=O)O)c(=O)n4c3)c(N(C)C)c1-2. The molecule has 8 nitrogen and oxygen atoms in total. The van der Waals surface area contributed by atoms with Gasteiger partial charge in [0.25, 0.3) is 5.56 Å². The maximum absolute atomic E-state index is 14.7. The van der Waals surface area contributed by atoms with Crippen molar-refractivity contribution in [1.82, 2.24) is 14.4 Å². The molecule has 0 atom stereocenters. The summed E-state index contributed by atoms with van der Waals surface area (Å²) in [5.41, 5.74) is 4.84. The molecule has 34 heavy (non-hydrogen) atoms. The van der Waals surface area contributed by atoms with Crippen molar-refractivity contribution < 1.29 is 14.3 Å². The quantitative estimate of drug-likeness (QED) is 0.403. The van der Waals surface area contributed by atoms with Gasteiger partial charge < -0.3 is 15.3 Å². The summed E-state index contributed by atoms with van der Waals surface area (Å²) in [6.45, 7) is 0. The molecular weight excluding hydrogens is 461 g/mol. The van der Waals surface area contributed by atoms with E-state index < -0.39 is 22.9 Å². The van der Waals surface area contributed by atoms with E-state index in [1.54, 1.807) is 25.4 Å². The minimum atomic E-state index is -1.35. The Balaban J connectivity index is 1.81. The largest absolute Gasteiger partial charge is 0.477 e. The van der Waals surface area contributed by atoms with Crippen LogP contribution >= 0.6 is 11.6 Å². The molecule has 172 valence electrons. The molecule has 0 aliphatic heterocycles. The summed E-state index contributed by atoms with van der Waals surface area (Å²) in [6, 6.07) is 4.79. The van der Waals surface area contributed by atoms with Crippen molar-refractivity contribution >= 4 is 34.6 Å². The van der Waals surface area contributed by atoms with Gasteiger partial charge in [-0.25, -0.2) is 14.2 Å². The highest BCUT2D eigenvalue weighted by Gasteiger charge is 2.31. The number of nitrogens with one attached hydrogen (secondary N) is 1. The van der Waals surface area contributed by atoms with E-state index >= 15 is 0 Å². The lowest BCUT2D eigenvalue weighted by Gasteiger charge is -2.22. The Morgan fingerprint density at radius 2 is 2.00 bits per heavy atom. The number of hydrogen-bond acceptors (Lipinski definition) is 6. The topological polar surface area (TPSA) is 99.8 Å². The van der Waals surface area contributed by atoms with Gasteiger partial charge in [0.05, 0.1) is 16.4 Å². The molecular formula is C24H19ClFN5O3. The zero-order valence-electron chi connectivity index (χ0n) is 18.5. The number of nitrogens with zero attached hydrogens (tertiary/aromatic N) is 4. The minimum absolute atomic E-state index is 0.0276. The molecule has 1 aromatic carbocycles. The van der Waals surface area contributed by atoms with Gasteiger partial charge in [0.15, 0.2) is 0 Å². The van der Waals surface area contributed by atoms with Crippen LogP contribution in [0.3, 0.4) is 0 Å². The zero-order chi connectivity index (χ0) is 24.3. The number of hydrogen-bond donors (Lipinski definition) is 2. The summed E-state index contributed by atoms with van der Waals surface area (Å²) in [5, 5.41) is 12.4. The average molecular weight is 480 g/mol. The van der Waals surface area contributed by atoms with Crippen LogP contribution in [-0.4, -0.2) is 46.6 Å². The van der Waals surface area contributed by atoms with Crippen LogP contribution in [0.15, 0.2) is 41.6 Å². The van der Waals surface area contributed by atoms with Crippen molar-refractivity contribution in [2.75, 3.05) is 31.4 Å². The summed E-state index contributed by atoms with van der Waals surface area (Å²) in [7, 11) is 5.45. The number of carboxylic acids is 1. The molecule has 1 aliphatic carbocycles. The molecule has 0 saturated carbocycles. The van der Waals surface area contributed by atoms with Crippen LogP contribution in [0, 0.1) is 5.82 Å². The fourth-order valence-corrected chi connectivity index (χ4v) is 4.76. The number of aromatic carboxylic acids is 1. The first-order valence-electron chi connectivity index (χ1n) is 10.4. The Hall–Kier alpha value is -3.98. The van der Waals surface area contributed by atoms with Gasteiger partial charge in [-0.15, -0.1) is 0 Å². The van der Waals surface area contributed by atoms with Gasteiger partial charge in [0.2, 0.25) is 0 Å². The highest BCUT2D eigenvalue weighted by Crippen LogP contribution is 2.51. The summed E-state index contributed by atoms with van der Waals surface area (Å²) >= 11 is 6.46. The van der Waals surface area contributed by atoms with Gasteiger partial charge >= 0.3 is 5.97 Å². The van der Waals surface area contributed by atoms with Gasteiger partial charge in [-0.2, -0.15) is 0 Å². The molecule has 4 aromatic rings. The Labute approximate surface area is 198 Å². The van der Waals surface area contributed by atoms with Crippen molar-refractivity contribution in [2.45, 2.75) is 6.42 Å². The van der Waals surface area contributed by atoms with Crippen molar-refractivity contribution in [2.24, 2.45) is 0 Å². The van der Waals surface area contributed by atoms with E-state index in [1.165, 1.54) is 16.7 Å². The van der Waals surface area contributed by atoms with E-state index in [0.29, 0.717) is 34.4 Å². The van der Waals surface area contributed by atoms with Crippen LogP contribution < -0.4 is 15.8 Å². The van der Waals surface area contributed by atoms with E-state index in [-0.39, 0.29) is 5.02 Å². The van der Waals surface area contributed by atoms with Gasteiger partial charge in [0, 0.05) is 74.1 Å². The van der Waals surface area contributed by atoms with Crippen LogP contribution in [0.2, 0.25) is 5.02 Å². The van der Waals surface area contributed by atoms with Crippen LogP contribution in [0.1, 0.15) is 21.6 Å². The fourth-order valence-electron chi connectivity index (χ4n) is 4.49. The van der Waals surface area contributed by atoms with Crippen molar-refractivity contribution in [1.29, 1.82) is 0 Å². The van der Waals surface area contributed by atoms with E-state index in [0.717, 1.165) is 28.7 Å². The summed E-state index contributed by atoms with van der Waals surface area (Å²) in [4.78, 5) is 34.7. The van der Waals surface area contributed by atoms with Gasteiger partial charge in [-0.1, -0.05) is 11.6 Å². The predicted octanol–water partition coefficient (Wildman–Crippen LogP) is 3.93. The Morgan fingerprint density at radius 3 is 2.68 bits per heavy atom. The minimum Gasteiger partial charge on any atom is -0.477 e. The Kier molecular flexibility index (Phi) is 5.02. The van der Waals surface area contributed by atoms with Crippen LogP contribution in [0.25, 0.3) is 27.9 Å². The van der Waals surface area contributed by atoms with E-state index in [1.807, 2.05) is 19.0 Å². The van der Waals surface area contributed by atoms with Gasteiger partial charge in [-0.3, -0.25) is 14.2 Å². The smallest absolute Gasteiger partial charge is 0.342 e. The first-order chi connectivity index (χ1) is 16.2. The van der Waals surface area contributed by atoms with Crippen LogP contribution in [0.5, 0.6) is 0 Å². The van der Waals surface area contributed by atoms with Crippen molar-refractivity contribution in [3.63, 3.8) is 0 Å². The highest BCUT2D eigenvalue weighted by molar-refractivity contribution is 6.34. The number of aromatic nitrogens is 3. The summed E-state index contributed by atoms with van der Waals surface area (Å²) < 4.78 is 15.9. The summed E-state index contributed by atoms with van der Waals surface area (Å²) in [5.74, 6) is -1.88. The maximum atomic E-state index is 14.7. The maximum Gasteiger partial charge on any atom is 0.342 e. The molecule has 0 radical (unpaired) electrons. The third kappa shape index (κ3) is 3.12. The van der Waals surface area contributed by atoms with Gasteiger partial charge in [0.1, 0.15) is 17.0 Å². The number of carboxylic acid groups (broad SMARTS) is 1. The van der Waals surface area contributed by atoms with Crippen molar-refractivity contribution in [3.05, 3.63) is 74.8 Å². The Morgan fingerprint density at radius 1 is 1.24 bits per heavy atom. The van der Waals surface area contributed by atoms with Crippen LogP contribution in [0.4, 0.5) is 15.8 Å². The molecule has 0 fully saturated rings. The lowest BCUT2D eigenvalue weighted by atomic mass is 9.98. The molecule has 1 aliphatic rings. The third-order valence-corrected chi connectivity index (χ3v) is 6.38. The second kappa shape index (κ2) is 7.81. The molecule has 3 aromatic heterocycles. The lowest BCUT2D eigenvalue weighted by Crippen LogP contribution is -2.22. The molecule has 3 heterocycles. The zero-order valence-corrected chi connectivity index (χ0v) is 19.2. The van der Waals surface area contributed by atoms with E-state index in [2.05, 4.69) is 15.3 Å². The Bertz CT molecular complexity index is 1580. The molecule has 0 amide bonds. The summed E-state index contributed by atoms with van der Waals surface area (Å²) in [6.07, 6.45) is 4.78. The standard InChI is InChI=1S/C24H19ClFN5O3/c1-27-16-7-15(26)21(25)19-12(16)6-17-20(19)22(30(2)3)13(8-28-17)11-4-5-18-29-9-14(24(33)34)23(32)31(18)10-11/h4-5,7-10,27H,6H2,1-3H3,(H,33,34). The molecule has 5 rings (SSSR count). The monoisotopic (exact) mass is 479 g/mol. The second-order valence-electron chi connectivity index (χ2n) is 8.17. The number of fused-ring (bicyclic) bond motifs is 4. The molecule has 10 heteroatoms. The fraction of sp³-hybridized carbons (Fsp3) is 0.167.